The van der Waals surface area contributed by atoms with Crippen molar-refractivity contribution in [3.05, 3.63) is 65.2 Å². The molecular weight excluding hydrogens is 416 g/mol. The molecule has 0 aromatic heterocycles. The van der Waals surface area contributed by atoms with E-state index in [9.17, 15) is 9.59 Å². The van der Waals surface area contributed by atoms with E-state index in [2.05, 4.69) is 5.32 Å². The van der Waals surface area contributed by atoms with Gasteiger partial charge in [-0.25, -0.2) is 0 Å². The maximum atomic E-state index is 13.0. The second-order valence-corrected chi connectivity index (χ2v) is 8.97. The molecule has 0 unspecified atom stereocenters. The number of carbonyl (C=O) groups excluding carboxylic acids is 2. The van der Waals surface area contributed by atoms with E-state index in [1.807, 2.05) is 75.4 Å². The van der Waals surface area contributed by atoms with Crippen molar-refractivity contribution in [2.45, 2.75) is 57.0 Å². The first-order valence-electron chi connectivity index (χ1n) is 10.4. The number of benzene rings is 2. The average molecular weight is 447 g/mol. The lowest BCUT2D eigenvalue weighted by Gasteiger charge is -2.29. The summed E-state index contributed by atoms with van der Waals surface area (Å²) in [6.45, 7) is 6.34. The van der Waals surface area contributed by atoms with E-state index in [1.165, 1.54) is 0 Å². The highest BCUT2D eigenvalue weighted by Gasteiger charge is 2.26. The summed E-state index contributed by atoms with van der Waals surface area (Å²) in [7, 11) is 0. The highest BCUT2D eigenvalue weighted by molar-refractivity contribution is 7.99. The maximum Gasteiger partial charge on any atom is 0.242 e. The maximum absolute atomic E-state index is 13.0. The normalized spacial score (nSPS) is 12.8. The lowest BCUT2D eigenvalue weighted by atomic mass is 10.1. The van der Waals surface area contributed by atoms with Gasteiger partial charge in [0.25, 0.3) is 0 Å². The van der Waals surface area contributed by atoms with Crippen LogP contribution in [0.2, 0.25) is 5.02 Å². The fraction of sp³-hybridized carbons (Fsp3) is 0.417. The zero-order valence-electron chi connectivity index (χ0n) is 17.9. The van der Waals surface area contributed by atoms with Crippen LogP contribution in [0.25, 0.3) is 0 Å². The lowest BCUT2D eigenvalue weighted by Crippen LogP contribution is -2.50. The van der Waals surface area contributed by atoms with Gasteiger partial charge in [-0.3, -0.25) is 9.59 Å². The first-order chi connectivity index (χ1) is 14.4. The topological polar surface area (TPSA) is 49.4 Å². The van der Waals surface area contributed by atoms with Gasteiger partial charge in [0.15, 0.2) is 0 Å². The first kappa shape index (κ1) is 24.3. The number of hydrogen-bond donors (Lipinski definition) is 1. The van der Waals surface area contributed by atoms with Crippen LogP contribution >= 0.6 is 23.4 Å². The molecule has 0 bridgehead atoms. The van der Waals surface area contributed by atoms with Crippen LogP contribution in [0.1, 0.15) is 39.2 Å². The third-order valence-electron chi connectivity index (χ3n) is 5.05. The van der Waals surface area contributed by atoms with Crippen LogP contribution in [0.15, 0.2) is 59.5 Å². The highest BCUT2D eigenvalue weighted by Crippen LogP contribution is 2.21. The molecule has 162 valence electrons. The Hall–Kier alpha value is -1.98. The molecule has 2 aromatic rings. The van der Waals surface area contributed by atoms with Crippen LogP contribution in [0, 0.1) is 0 Å². The minimum atomic E-state index is -0.504. The van der Waals surface area contributed by atoms with Gasteiger partial charge >= 0.3 is 0 Å². The van der Waals surface area contributed by atoms with Gasteiger partial charge in [-0.2, -0.15) is 0 Å². The number of nitrogens with one attached hydrogen (secondary N) is 1. The molecule has 1 N–H and O–H groups in total. The Kier molecular flexibility index (Phi) is 10.2. The summed E-state index contributed by atoms with van der Waals surface area (Å²) in [6.07, 6.45) is 1.95. The summed E-state index contributed by atoms with van der Waals surface area (Å²) in [5, 5.41) is 3.70. The van der Waals surface area contributed by atoms with E-state index in [1.54, 1.807) is 16.7 Å². The second kappa shape index (κ2) is 12.7. The Morgan fingerprint density at radius 2 is 1.73 bits per heavy atom. The van der Waals surface area contributed by atoms with Gasteiger partial charge < -0.3 is 10.2 Å². The molecule has 6 heteroatoms. The molecular formula is C24H31ClN2O2S. The van der Waals surface area contributed by atoms with Crippen molar-refractivity contribution < 1.29 is 9.59 Å². The zero-order chi connectivity index (χ0) is 21.9. The molecule has 2 aromatic carbocycles. The Morgan fingerprint density at radius 1 is 1.07 bits per heavy atom. The third-order valence-corrected chi connectivity index (χ3v) is 6.32. The van der Waals surface area contributed by atoms with E-state index < -0.39 is 6.04 Å². The van der Waals surface area contributed by atoms with Crippen LogP contribution in [0.4, 0.5) is 0 Å². The number of hydrogen-bond acceptors (Lipinski definition) is 3. The molecule has 30 heavy (non-hydrogen) atoms. The van der Waals surface area contributed by atoms with Crippen LogP contribution in [-0.2, 0) is 16.0 Å². The van der Waals surface area contributed by atoms with Gasteiger partial charge in [0.2, 0.25) is 11.8 Å². The summed E-state index contributed by atoms with van der Waals surface area (Å²) in [5.41, 5.74) is 1.15. The molecule has 0 radical (unpaired) electrons. The Labute approximate surface area is 189 Å². The summed E-state index contributed by atoms with van der Waals surface area (Å²) < 4.78 is 0. The predicted molar refractivity (Wildman–Crippen MR) is 126 cm³/mol. The molecule has 2 rings (SSSR count). The highest BCUT2D eigenvalue weighted by atomic mass is 35.5. The fourth-order valence-corrected chi connectivity index (χ4v) is 3.93. The van der Waals surface area contributed by atoms with E-state index >= 15 is 0 Å². The van der Waals surface area contributed by atoms with E-state index in [-0.39, 0.29) is 17.9 Å². The smallest absolute Gasteiger partial charge is 0.242 e. The van der Waals surface area contributed by atoms with Gasteiger partial charge in [-0.1, -0.05) is 48.9 Å². The quantitative estimate of drug-likeness (QED) is 0.483. The molecule has 0 fully saturated rings. The second-order valence-electron chi connectivity index (χ2n) is 7.37. The first-order valence-corrected chi connectivity index (χ1v) is 11.8. The molecule has 0 heterocycles. The van der Waals surface area contributed by atoms with Crippen LogP contribution < -0.4 is 5.32 Å². The van der Waals surface area contributed by atoms with Crippen molar-refractivity contribution in [3.8, 4) is 0 Å². The monoisotopic (exact) mass is 446 g/mol. The van der Waals surface area contributed by atoms with Crippen molar-refractivity contribution >= 4 is 35.2 Å². The largest absolute Gasteiger partial charge is 0.352 e. The number of carbonyl (C=O) groups is 2. The predicted octanol–water partition coefficient (Wildman–Crippen LogP) is 5.20. The van der Waals surface area contributed by atoms with Gasteiger partial charge in [0.1, 0.15) is 6.04 Å². The SMILES string of the molecule is CC[C@H](C)NC(=O)[C@H](C)N(CCc1ccccc1)C(=O)CCSc1ccc(Cl)cc1. The van der Waals surface area contributed by atoms with Crippen molar-refractivity contribution in [2.75, 3.05) is 12.3 Å². The molecule has 0 saturated carbocycles. The van der Waals surface area contributed by atoms with E-state index in [0.717, 1.165) is 23.3 Å². The Bertz CT molecular complexity index is 799. The molecule has 0 aliphatic heterocycles. The number of rotatable bonds is 11. The van der Waals surface area contributed by atoms with Crippen molar-refractivity contribution in [2.24, 2.45) is 0 Å². The van der Waals surface area contributed by atoms with E-state index in [4.69, 9.17) is 11.6 Å². The molecule has 0 aliphatic rings. The Balaban J connectivity index is 1.99. The number of amides is 2. The number of halogens is 1. The molecule has 4 nitrogen and oxygen atoms in total. The fourth-order valence-electron chi connectivity index (χ4n) is 2.97. The minimum absolute atomic E-state index is 0.000744. The van der Waals surface area contributed by atoms with Crippen molar-refractivity contribution in [1.82, 2.24) is 10.2 Å². The standard InChI is InChI=1S/C24H31ClN2O2S/c1-4-18(2)26-24(29)19(3)27(16-14-20-8-6-5-7-9-20)23(28)15-17-30-22-12-10-21(25)11-13-22/h5-13,18-19H,4,14-17H2,1-3H3,(H,26,29)/t18-,19-/m0/s1. The third kappa shape index (κ3) is 8.04. The van der Waals surface area contributed by atoms with Crippen molar-refractivity contribution in [3.63, 3.8) is 0 Å². The van der Waals surface area contributed by atoms with Gasteiger partial charge in [0.05, 0.1) is 0 Å². The van der Waals surface area contributed by atoms with Gasteiger partial charge in [0, 0.05) is 34.7 Å². The number of nitrogens with zero attached hydrogens (tertiary/aromatic N) is 1. The van der Waals surface area contributed by atoms with Gasteiger partial charge in [-0.15, -0.1) is 11.8 Å². The summed E-state index contributed by atoms with van der Waals surface area (Å²) >= 11 is 7.54. The Morgan fingerprint density at radius 3 is 2.37 bits per heavy atom. The van der Waals surface area contributed by atoms with Gasteiger partial charge in [-0.05, 0) is 56.5 Å². The molecule has 0 spiro atoms. The van der Waals surface area contributed by atoms with Crippen LogP contribution in [0.5, 0.6) is 0 Å². The zero-order valence-corrected chi connectivity index (χ0v) is 19.5. The van der Waals surface area contributed by atoms with Crippen LogP contribution in [0.3, 0.4) is 0 Å². The minimum Gasteiger partial charge on any atom is -0.352 e. The lowest BCUT2D eigenvalue weighted by molar-refractivity contribution is -0.139. The molecule has 0 aliphatic carbocycles. The summed E-state index contributed by atoms with van der Waals surface area (Å²) in [4.78, 5) is 28.5. The number of thioether (sulfide) groups is 1. The summed E-state index contributed by atoms with van der Waals surface area (Å²) in [6, 6.07) is 17.2. The molecule has 0 saturated heterocycles. The van der Waals surface area contributed by atoms with Crippen molar-refractivity contribution in [1.29, 1.82) is 0 Å². The average Bonchev–Trinajstić information content (AvgIpc) is 2.75. The summed E-state index contributed by atoms with van der Waals surface area (Å²) in [5.74, 6) is 0.553. The molecule has 2 amide bonds. The van der Waals surface area contributed by atoms with Crippen LogP contribution in [-0.4, -0.2) is 41.1 Å². The van der Waals surface area contributed by atoms with E-state index in [0.29, 0.717) is 23.7 Å². The molecule has 2 atom stereocenters.